The number of piperidine rings is 1. The second-order valence-corrected chi connectivity index (χ2v) is 9.28. The number of benzene rings is 2. The maximum atomic E-state index is 13.6. The molecule has 0 radical (unpaired) electrons. The number of piperazine rings is 1. The van der Waals surface area contributed by atoms with Crippen molar-refractivity contribution >= 4 is 5.69 Å². The van der Waals surface area contributed by atoms with Gasteiger partial charge in [-0.15, -0.1) is 0 Å². The Balaban J connectivity index is 1.35. The lowest BCUT2D eigenvalue weighted by Gasteiger charge is -2.39. The highest BCUT2D eigenvalue weighted by molar-refractivity contribution is 5.51. The summed E-state index contributed by atoms with van der Waals surface area (Å²) in [6.07, 6.45) is 4.31. The van der Waals surface area contributed by atoms with E-state index in [0.717, 1.165) is 57.7 Å². The summed E-state index contributed by atoms with van der Waals surface area (Å²) in [4.78, 5) is 7.28. The van der Waals surface area contributed by atoms with Crippen LogP contribution in [0.5, 0.6) is 0 Å². The van der Waals surface area contributed by atoms with Crippen molar-refractivity contribution in [1.29, 1.82) is 0 Å². The van der Waals surface area contributed by atoms with Crippen LogP contribution in [0.3, 0.4) is 0 Å². The fourth-order valence-electron chi connectivity index (χ4n) is 5.16. The molecule has 2 fully saturated rings. The fraction of sp³-hybridized carbons (Fsp3) is 0.481. The average molecular weight is 437 g/mol. The number of rotatable bonds is 6. The average Bonchev–Trinajstić information content (AvgIpc) is 2.80. The molecule has 2 heterocycles. The number of nitrogens with zero attached hydrogens (tertiary/aromatic N) is 3. The van der Waals surface area contributed by atoms with Gasteiger partial charge in [-0.05, 0) is 74.1 Å². The van der Waals surface area contributed by atoms with E-state index in [1.165, 1.54) is 23.1 Å². The number of halogens is 1. The van der Waals surface area contributed by atoms with Crippen molar-refractivity contribution in [1.82, 2.24) is 15.1 Å². The first-order chi connectivity index (χ1) is 15.5. The summed E-state index contributed by atoms with van der Waals surface area (Å²) in [5, 5.41) is 3.51. The van der Waals surface area contributed by atoms with Crippen molar-refractivity contribution in [3.05, 3.63) is 77.4 Å². The largest absolute Gasteiger partial charge is 0.358 e. The van der Waals surface area contributed by atoms with Crippen LogP contribution in [0.2, 0.25) is 0 Å². The molecule has 0 spiro atoms. The van der Waals surface area contributed by atoms with Crippen LogP contribution in [-0.2, 0) is 6.54 Å². The van der Waals surface area contributed by atoms with Crippen LogP contribution in [0, 0.1) is 5.82 Å². The maximum Gasteiger partial charge on any atom is 0.123 e. The van der Waals surface area contributed by atoms with Crippen molar-refractivity contribution in [3.8, 4) is 0 Å². The van der Waals surface area contributed by atoms with E-state index in [2.05, 4.69) is 77.3 Å². The molecule has 1 unspecified atom stereocenters. The van der Waals surface area contributed by atoms with Crippen LogP contribution in [0.1, 0.15) is 43.7 Å². The normalized spacial score (nSPS) is 21.1. The number of hydrogen-bond donors (Lipinski definition) is 1. The molecule has 5 heteroatoms. The van der Waals surface area contributed by atoms with Gasteiger partial charge in [0.25, 0.3) is 0 Å². The number of nitrogens with one attached hydrogen (secondary N) is 1. The monoisotopic (exact) mass is 436 g/mol. The predicted octanol–water partition coefficient (Wildman–Crippen LogP) is 4.80. The first-order valence-electron chi connectivity index (χ1n) is 12.0. The molecule has 2 aliphatic rings. The number of allylic oxidation sites excluding steroid dienone is 1. The Kier molecular flexibility index (Phi) is 7.48. The highest BCUT2D eigenvalue weighted by Gasteiger charge is 2.24. The molecule has 2 aromatic rings. The van der Waals surface area contributed by atoms with Gasteiger partial charge in [-0.2, -0.15) is 0 Å². The maximum absolute atomic E-state index is 13.6. The van der Waals surface area contributed by atoms with Gasteiger partial charge in [-0.1, -0.05) is 24.3 Å². The first-order valence-corrected chi connectivity index (χ1v) is 12.0. The lowest BCUT2D eigenvalue weighted by molar-refractivity contribution is 0.199. The Morgan fingerprint density at radius 2 is 1.88 bits per heavy atom. The first kappa shape index (κ1) is 22.8. The van der Waals surface area contributed by atoms with Gasteiger partial charge in [-0.25, -0.2) is 4.39 Å². The zero-order valence-corrected chi connectivity index (χ0v) is 19.7. The topological polar surface area (TPSA) is 21.8 Å². The zero-order chi connectivity index (χ0) is 22.5. The van der Waals surface area contributed by atoms with Crippen molar-refractivity contribution in [2.45, 2.75) is 45.2 Å². The molecule has 0 saturated carbocycles. The minimum Gasteiger partial charge on any atom is -0.358 e. The van der Waals surface area contributed by atoms with Gasteiger partial charge < -0.3 is 15.1 Å². The van der Waals surface area contributed by atoms with Crippen LogP contribution in [0.25, 0.3) is 0 Å². The van der Waals surface area contributed by atoms with Crippen molar-refractivity contribution in [3.63, 3.8) is 0 Å². The van der Waals surface area contributed by atoms with Crippen LogP contribution < -0.4 is 10.2 Å². The molecular weight excluding hydrogens is 399 g/mol. The van der Waals surface area contributed by atoms with E-state index >= 15 is 0 Å². The molecule has 172 valence electrons. The minimum atomic E-state index is -0.131. The van der Waals surface area contributed by atoms with Crippen LogP contribution >= 0.6 is 0 Å². The third kappa shape index (κ3) is 5.51. The van der Waals surface area contributed by atoms with Gasteiger partial charge in [-0.3, -0.25) is 4.90 Å². The van der Waals surface area contributed by atoms with Gasteiger partial charge in [0, 0.05) is 58.0 Å². The van der Waals surface area contributed by atoms with Crippen molar-refractivity contribution in [2.24, 2.45) is 0 Å². The van der Waals surface area contributed by atoms with E-state index in [-0.39, 0.29) is 5.82 Å². The van der Waals surface area contributed by atoms with E-state index in [1.807, 2.05) is 6.07 Å². The molecule has 4 rings (SSSR count). The van der Waals surface area contributed by atoms with E-state index in [1.54, 1.807) is 6.07 Å². The lowest BCUT2D eigenvalue weighted by Crippen LogP contribution is -2.48. The van der Waals surface area contributed by atoms with Crippen molar-refractivity contribution in [2.75, 3.05) is 44.7 Å². The minimum absolute atomic E-state index is 0.131. The Hall–Kier alpha value is -2.37. The van der Waals surface area contributed by atoms with Gasteiger partial charge in [0.1, 0.15) is 11.6 Å². The number of anilines is 1. The Bertz CT molecular complexity index is 902. The third-order valence-corrected chi connectivity index (χ3v) is 6.92. The van der Waals surface area contributed by atoms with Gasteiger partial charge in [0.2, 0.25) is 0 Å². The van der Waals surface area contributed by atoms with Gasteiger partial charge in [0.05, 0.1) is 0 Å². The quantitative estimate of drug-likeness (QED) is 0.702. The summed E-state index contributed by atoms with van der Waals surface area (Å²) in [6, 6.07) is 16.7. The van der Waals surface area contributed by atoms with E-state index in [0.29, 0.717) is 12.0 Å². The summed E-state index contributed by atoms with van der Waals surface area (Å²) in [5.74, 6) is 1.55. The standard InChI is InChI=1S/C27H37FN4/c1-4-27(32-15-12-23(13-16-32)24-6-5-7-25(28)18-24)30(3)26-10-8-22(9-11-26)20-31-17-14-29-21(2)19-31/h4-11,18,21,23,29H,12-17,19-20H2,1-3H3/b27-4+. The van der Waals surface area contributed by atoms with Gasteiger partial charge in [0.15, 0.2) is 0 Å². The zero-order valence-electron chi connectivity index (χ0n) is 19.7. The molecule has 0 bridgehead atoms. The van der Waals surface area contributed by atoms with Crippen LogP contribution in [0.15, 0.2) is 60.4 Å². The SMILES string of the molecule is C/C=C(/N1CCC(c2cccc(F)c2)CC1)N(C)c1ccc(CN2CCNC(C)C2)cc1. The molecule has 2 aromatic carbocycles. The van der Waals surface area contributed by atoms with Crippen LogP contribution in [-0.4, -0.2) is 55.6 Å². The Morgan fingerprint density at radius 3 is 2.53 bits per heavy atom. The molecular formula is C27H37FN4. The Labute approximate surface area is 192 Å². The fourth-order valence-corrected chi connectivity index (χ4v) is 5.16. The third-order valence-electron chi connectivity index (χ3n) is 6.92. The van der Waals surface area contributed by atoms with Crippen LogP contribution in [0.4, 0.5) is 10.1 Å². The second kappa shape index (κ2) is 10.5. The molecule has 0 aliphatic carbocycles. The molecule has 1 N–H and O–H groups in total. The summed E-state index contributed by atoms with van der Waals surface area (Å²) < 4.78 is 13.6. The van der Waals surface area contributed by atoms with Crippen molar-refractivity contribution < 1.29 is 4.39 Å². The summed E-state index contributed by atoms with van der Waals surface area (Å²) >= 11 is 0. The smallest absolute Gasteiger partial charge is 0.123 e. The molecule has 32 heavy (non-hydrogen) atoms. The lowest BCUT2D eigenvalue weighted by atomic mass is 9.89. The van der Waals surface area contributed by atoms with Gasteiger partial charge >= 0.3 is 0 Å². The summed E-state index contributed by atoms with van der Waals surface area (Å²) in [6.45, 7) is 10.7. The molecule has 0 amide bonds. The highest BCUT2D eigenvalue weighted by atomic mass is 19.1. The molecule has 2 saturated heterocycles. The Morgan fingerprint density at radius 1 is 1.12 bits per heavy atom. The molecule has 2 aliphatic heterocycles. The van der Waals surface area contributed by atoms with E-state index in [4.69, 9.17) is 0 Å². The van der Waals surface area contributed by atoms with E-state index < -0.39 is 0 Å². The molecule has 0 aromatic heterocycles. The summed E-state index contributed by atoms with van der Waals surface area (Å²) in [5.41, 5.74) is 3.71. The number of hydrogen-bond acceptors (Lipinski definition) is 4. The highest BCUT2D eigenvalue weighted by Crippen LogP contribution is 2.31. The number of likely N-dealkylation sites (tertiary alicyclic amines) is 1. The van der Waals surface area contributed by atoms with E-state index in [9.17, 15) is 4.39 Å². The predicted molar refractivity (Wildman–Crippen MR) is 131 cm³/mol. The molecule has 4 nitrogen and oxygen atoms in total. The summed E-state index contributed by atoms with van der Waals surface area (Å²) in [7, 11) is 2.15. The molecule has 1 atom stereocenters. The second-order valence-electron chi connectivity index (χ2n) is 9.28.